The molecule has 0 aromatic heterocycles. The maximum absolute atomic E-state index is 5.54. The minimum atomic E-state index is 0.913. The summed E-state index contributed by atoms with van der Waals surface area (Å²) in [6.07, 6.45) is 7.54. The normalized spacial score (nSPS) is 17.7. The molecule has 74 valence electrons. The van der Waals surface area contributed by atoms with Crippen molar-refractivity contribution in [3.63, 3.8) is 0 Å². The van der Waals surface area contributed by atoms with E-state index in [1.807, 2.05) is 6.92 Å². The molecule has 13 heavy (non-hydrogen) atoms. The van der Waals surface area contributed by atoms with Crippen LogP contribution in [-0.2, 0) is 0 Å². The highest BCUT2D eigenvalue weighted by Crippen LogP contribution is 2.19. The molecule has 0 aliphatic heterocycles. The summed E-state index contributed by atoms with van der Waals surface area (Å²) in [4.78, 5) is 0. The Hall–Kier alpha value is -0.270. The van der Waals surface area contributed by atoms with Crippen molar-refractivity contribution in [3.8, 4) is 0 Å². The van der Waals surface area contributed by atoms with Crippen molar-refractivity contribution in [2.24, 2.45) is 0 Å². The number of halogens is 1. The first-order chi connectivity index (χ1) is 6.33. The zero-order valence-electron chi connectivity index (χ0n) is 8.28. The van der Waals surface area contributed by atoms with Gasteiger partial charge < -0.3 is 5.32 Å². The molecule has 0 fully saturated rings. The van der Waals surface area contributed by atoms with Gasteiger partial charge in [0.1, 0.15) is 0 Å². The smallest absolute Gasteiger partial charge is 0.0173 e. The Bertz CT molecular complexity index is 206. The molecule has 0 saturated heterocycles. The van der Waals surface area contributed by atoms with Gasteiger partial charge in [-0.1, -0.05) is 23.3 Å². The van der Waals surface area contributed by atoms with Crippen LogP contribution in [0.2, 0.25) is 0 Å². The topological polar surface area (TPSA) is 12.0 Å². The Kier molecular flexibility index (Phi) is 5.18. The summed E-state index contributed by atoms with van der Waals surface area (Å²) in [6, 6.07) is 0. The summed E-state index contributed by atoms with van der Waals surface area (Å²) in [5, 5.41) is 3.37. The largest absolute Gasteiger partial charge is 0.313 e. The second kappa shape index (κ2) is 6.22. The first-order valence-corrected chi connectivity index (χ1v) is 5.41. The molecule has 0 unspecified atom stereocenters. The third-order valence-electron chi connectivity index (χ3n) is 2.35. The van der Waals surface area contributed by atoms with Gasteiger partial charge in [0.05, 0.1) is 0 Å². The van der Waals surface area contributed by atoms with Gasteiger partial charge in [-0.2, -0.15) is 0 Å². The Morgan fingerprint density at radius 3 is 3.15 bits per heavy atom. The van der Waals surface area contributed by atoms with Crippen molar-refractivity contribution < 1.29 is 0 Å². The molecule has 0 aromatic rings. The molecule has 2 heteroatoms. The molecule has 1 nitrogen and oxygen atoms in total. The third-order valence-corrected chi connectivity index (χ3v) is 2.72. The highest BCUT2D eigenvalue weighted by atomic mass is 35.5. The fourth-order valence-electron chi connectivity index (χ4n) is 1.54. The summed E-state index contributed by atoms with van der Waals surface area (Å²) in [6.45, 7) is 4.03. The van der Waals surface area contributed by atoms with Crippen LogP contribution in [-0.4, -0.2) is 13.1 Å². The minimum absolute atomic E-state index is 0.913. The molecule has 0 saturated carbocycles. The van der Waals surface area contributed by atoms with Crippen LogP contribution >= 0.6 is 11.6 Å². The Morgan fingerprint density at radius 1 is 1.69 bits per heavy atom. The first-order valence-electron chi connectivity index (χ1n) is 4.97. The molecule has 0 radical (unpaired) electrons. The van der Waals surface area contributed by atoms with Gasteiger partial charge in [-0.3, -0.25) is 0 Å². The van der Waals surface area contributed by atoms with E-state index in [9.17, 15) is 0 Å². The molecule has 0 heterocycles. The monoisotopic (exact) mass is 199 g/mol. The lowest BCUT2D eigenvalue weighted by Crippen LogP contribution is -2.17. The molecule has 1 aliphatic carbocycles. The van der Waals surface area contributed by atoms with Crippen molar-refractivity contribution in [2.45, 2.75) is 32.6 Å². The Labute approximate surface area is 85.9 Å². The lowest BCUT2D eigenvalue weighted by molar-refractivity contribution is 0.712. The van der Waals surface area contributed by atoms with Gasteiger partial charge in [0.15, 0.2) is 0 Å². The van der Waals surface area contributed by atoms with Crippen LogP contribution in [0.15, 0.2) is 22.8 Å². The summed E-state index contributed by atoms with van der Waals surface area (Å²) in [5.41, 5.74) is 4.46. The Morgan fingerprint density at radius 2 is 2.54 bits per heavy atom. The lowest BCUT2D eigenvalue weighted by atomic mass is 10.2. The van der Waals surface area contributed by atoms with Crippen LogP contribution in [0, 0.1) is 0 Å². The van der Waals surface area contributed by atoms with E-state index in [0.717, 1.165) is 13.1 Å². The van der Waals surface area contributed by atoms with Gasteiger partial charge in [-0.25, -0.2) is 0 Å². The van der Waals surface area contributed by atoms with Crippen molar-refractivity contribution in [1.29, 1.82) is 0 Å². The van der Waals surface area contributed by atoms with Gasteiger partial charge in [0.2, 0.25) is 0 Å². The number of hydrogen-bond donors (Lipinski definition) is 1. The van der Waals surface area contributed by atoms with Crippen LogP contribution in [0.4, 0.5) is 0 Å². The van der Waals surface area contributed by atoms with Crippen molar-refractivity contribution in [1.82, 2.24) is 5.32 Å². The fraction of sp³-hybridized carbons (Fsp3) is 0.636. The van der Waals surface area contributed by atoms with Gasteiger partial charge in [0.25, 0.3) is 0 Å². The summed E-state index contributed by atoms with van der Waals surface area (Å²) >= 11 is 5.54. The van der Waals surface area contributed by atoms with E-state index in [1.165, 1.54) is 31.3 Å². The van der Waals surface area contributed by atoms with Crippen molar-refractivity contribution >= 4 is 11.6 Å². The molecule has 0 atom stereocenters. The molecule has 1 aliphatic rings. The van der Waals surface area contributed by atoms with Gasteiger partial charge in [-0.15, -0.1) is 0 Å². The highest BCUT2D eigenvalue weighted by molar-refractivity contribution is 6.25. The lowest BCUT2D eigenvalue weighted by Gasteiger charge is -2.04. The zero-order valence-corrected chi connectivity index (χ0v) is 9.03. The van der Waals surface area contributed by atoms with Crippen LogP contribution in [0.3, 0.4) is 0 Å². The predicted octanol–water partition coefficient (Wildman–Crippen LogP) is 3.22. The Balaban J connectivity index is 2.01. The van der Waals surface area contributed by atoms with Crippen LogP contribution in [0.5, 0.6) is 0 Å². The van der Waals surface area contributed by atoms with Crippen molar-refractivity contribution in [2.75, 3.05) is 13.1 Å². The van der Waals surface area contributed by atoms with Gasteiger partial charge in [0, 0.05) is 12.1 Å². The molecule has 1 N–H and O–H groups in total. The van der Waals surface area contributed by atoms with Crippen LogP contribution in [0.25, 0.3) is 0 Å². The van der Waals surface area contributed by atoms with E-state index in [1.54, 1.807) is 11.1 Å². The molecule has 0 amide bonds. The first kappa shape index (κ1) is 10.8. The van der Waals surface area contributed by atoms with Gasteiger partial charge in [-0.05, 0) is 44.7 Å². The number of hydrogen-bond acceptors (Lipinski definition) is 1. The van der Waals surface area contributed by atoms with Crippen molar-refractivity contribution in [3.05, 3.63) is 22.8 Å². The molecular weight excluding hydrogens is 182 g/mol. The molecule has 0 aromatic carbocycles. The quantitative estimate of drug-likeness (QED) is 0.530. The summed E-state index contributed by atoms with van der Waals surface area (Å²) in [5.74, 6) is 0. The zero-order chi connectivity index (χ0) is 9.52. The van der Waals surface area contributed by atoms with Crippen LogP contribution in [0.1, 0.15) is 32.6 Å². The molecule has 1 rings (SSSR count). The molecular formula is C11H18ClN. The van der Waals surface area contributed by atoms with Gasteiger partial charge >= 0.3 is 0 Å². The predicted molar refractivity (Wildman–Crippen MR) is 59.0 cm³/mol. The van der Waals surface area contributed by atoms with E-state index < -0.39 is 0 Å². The minimum Gasteiger partial charge on any atom is -0.313 e. The van der Waals surface area contributed by atoms with E-state index in [-0.39, 0.29) is 0 Å². The van der Waals surface area contributed by atoms with E-state index in [2.05, 4.69) is 11.4 Å². The average Bonchev–Trinajstić information content (AvgIpc) is 2.64. The number of rotatable bonds is 5. The fourth-order valence-corrected chi connectivity index (χ4v) is 1.61. The van der Waals surface area contributed by atoms with E-state index in [4.69, 9.17) is 11.6 Å². The summed E-state index contributed by atoms with van der Waals surface area (Å²) < 4.78 is 0. The van der Waals surface area contributed by atoms with E-state index >= 15 is 0 Å². The highest BCUT2D eigenvalue weighted by Gasteiger charge is 2.02. The van der Waals surface area contributed by atoms with E-state index in [0.29, 0.717) is 0 Å². The molecule has 0 bridgehead atoms. The average molecular weight is 200 g/mol. The molecule has 0 spiro atoms. The van der Waals surface area contributed by atoms with Crippen LogP contribution < -0.4 is 5.32 Å². The second-order valence-corrected chi connectivity index (χ2v) is 3.86. The number of allylic oxidation sites excluding steroid dienone is 1. The second-order valence-electron chi connectivity index (χ2n) is 3.64. The maximum atomic E-state index is 5.54. The third kappa shape index (κ3) is 4.49. The standard InChI is InChI=1S/C11H18ClN/c1-10(8-12)9-13-7-6-11-4-2-3-5-11/h4,8,13H,2-3,5-7,9H2,1H3. The SMILES string of the molecule is CC(=CCl)CNCCC1=CCCC1. The summed E-state index contributed by atoms with van der Waals surface area (Å²) in [7, 11) is 0. The number of nitrogens with one attached hydrogen (secondary N) is 1. The maximum Gasteiger partial charge on any atom is 0.0173 e.